The third-order valence-electron chi connectivity index (χ3n) is 6.64. The number of amides is 2. The molecule has 2 aromatic heterocycles. The van der Waals surface area contributed by atoms with Crippen LogP contribution in [0.5, 0.6) is 0 Å². The van der Waals surface area contributed by atoms with E-state index in [2.05, 4.69) is 38.6 Å². The van der Waals surface area contributed by atoms with E-state index in [1.165, 1.54) is 0 Å². The van der Waals surface area contributed by atoms with Gasteiger partial charge in [0, 0.05) is 49.0 Å². The van der Waals surface area contributed by atoms with Gasteiger partial charge in [0.15, 0.2) is 0 Å². The second-order valence-electron chi connectivity index (χ2n) is 9.52. The molecule has 2 amide bonds. The van der Waals surface area contributed by atoms with Crippen LogP contribution in [-0.4, -0.2) is 33.6 Å². The summed E-state index contributed by atoms with van der Waals surface area (Å²) in [6.45, 7) is 3.25. The Morgan fingerprint density at radius 1 is 0.878 bits per heavy atom. The molecule has 0 unspecified atom stereocenters. The normalized spacial score (nSPS) is 11.1. The van der Waals surface area contributed by atoms with E-state index in [0.717, 1.165) is 53.9 Å². The maximum Gasteiger partial charge on any atom is 0.322 e. The Labute approximate surface area is 240 Å². The molecule has 4 aromatic rings. The summed E-state index contributed by atoms with van der Waals surface area (Å²) in [5.41, 5.74) is 4.04. The predicted molar refractivity (Wildman–Crippen MR) is 159 cm³/mol. The number of nitrogens with one attached hydrogen (secondary N) is 2. The summed E-state index contributed by atoms with van der Waals surface area (Å²) in [7, 11) is 0. The van der Waals surface area contributed by atoms with Gasteiger partial charge in [0.1, 0.15) is 18.0 Å². The number of urea groups is 1. The first-order valence-corrected chi connectivity index (χ1v) is 13.6. The van der Waals surface area contributed by atoms with Crippen LogP contribution in [0.2, 0.25) is 0 Å². The minimum absolute atomic E-state index is 0.0180. The van der Waals surface area contributed by atoms with Gasteiger partial charge >= 0.3 is 6.03 Å². The van der Waals surface area contributed by atoms with Crippen LogP contribution >= 0.6 is 0 Å². The lowest BCUT2D eigenvalue weighted by molar-refractivity contribution is 0.242. The lowest BCUT2D eigenvalue weighted by Gasteiger charge is -2.32. The highest BCUT2D eigenvalue weighted by Gasteiger charge is 2.25. The van der Waals surface area contributed by atoms with E-state index in [1.807, 2.05) is 65.6 Å². The van der Waals surface area contributed by atoms with E-state index in [9.17, 15) is 4.79 Å². The average Bonchev–Trinajstić information content (AvgIpc) is 3.03. The molecule has 2 N–H and O–H groups in total. The maximum absolute atomic E-state index is 13.7. The van der Waals surface area contributed by atoms with Gasteiger partial charge in [-0.25, -0.2) is 19.7 Å². The van der Waals surface area contributed by atoms with Gasteiger partial charge < -0.3 is 10.6 Å². The molecule has 2 heterocycles. The Hall–Kier alpha value is -5.28. The van der Waals surface area contributed by atoms with Crippen molar-refractivity contribution in [3.05, 3.63) is 102 Å². The van der Waals surface area contributed by atoms with Crippen LogP contribution in [-0.2, 0) is 6.54 Å². The average molecular weight is 545 g/mol. The fourth-order valence-electron chi connectivity index (χ4n) is 4.56. The molecule has 0 saturated carbocycles. The summed E-state index contributed by atoms with van der Waals surface area (Å²) in [6.07, 6.45) is 8.20. The molecule has 41 heavy (non-hydrogen) atoms. The summed E-state index contributed by atoms with van der Waals surface area (Å²) in [4.78, 5) is 28.0. The van der Waals surface area contributed by atoms with Crippen LogP contribution in [0.25, 0.3) is 11.1 Å². The van der Waals surface area contributed by atoms with Crippen LogP contribution < -0.4 is 15.5 Å². The largest absolute Gasteiger partial charge is 0.370 e. The second kappa shape index (κ2) is 14.8. The topological polar surface area (TPSA) is 131 Å². The van der Waals surface area contributed by atoms with Crippen molar-refractivity contribution in [1.29, 1.82) is 10.5 Å². The Bertz CT molecular complexity index is 1470. The number of nitriles is 2. The zero-order valence-electron chi connectivity index (χ0n) is 23.0. The predicted octanol–water partition coefficient (Wildman–Crippen LogP) is 6.06. The fourth-order valence-corrected chi connectivity index (χ4v) is 4.56. The minimum atomic E-state index is -0.150. The SMILES string of the molecule is CCC[C@@H](CCCNc1ccc(C#N)cn1)N(C(=O)NCc1ccccc1)c1ccc(-c2cnc(C#N)nc2)cc1. The van der Waals surface area contributed by atoms with Crippen LogP contribution in [0.15, 0.2) is 85.3 Å². The summed E-state index contributed by atoms with van der Waals surface area (Å²) in [5.74, 6) is 0.842. The van der Waals surface area contributed by atoms with Crippen molar-refractivity contribution in [3.8, 4) is 23.3 Å². The molecule has 0 aliphatic rings. The minimum Gasteiger partial charge on any atom is -0.370 e. The van der Waals surface area contributed by atoms with E-state index in [-0.39, 0.29) is 17.9 Å². The smallest absolute Gasteiger partial charge is 0.322 e. The summed E-state index contributed by atoms with van der Waals surface area (Å²) in [6, 6.07) is 25.0. The van der Waals surface area contributed by atoms with Crippen LogP contribution in [0, 0.1) is 22.7 Å². The summed E-state index contributed by atoms with van der Waals surface area (Å²) in [5, 5.41) is 24.4. The van der Waals surface area contributed by atoms with E-state index in [0.29, 0.717) is 18.7 Å². The zero-order chi connectivity index (χ0) is 28.9. The summed E-state index contributed by atoms with van der Waals surface area (Å²) < 4.78 is 0. The maximum atomic E-state index is 13.7. The van der Waals surface area contributed by atoms with Gasteiger partial charge in [-0.15, -0.1) is 0 Å². The quantitative estimate of drug-likeness (QED) is 0.207. The van der Waals surface area contributed by atoms with Crippen molar-refractivity contribution in [2.24, 2.45) is 0 Å². The highest BCUT2D eigenvalue weighted by atomic mass is 16.2. The molecule has 0 aliphatic carbocycles. The molecule has 206 valence electrons. The van der Waals surface area contributed by atoms with Crippen molar-refractivity contribution in [3.63, 3.8) is 0 Å². The molecule has 0 radical (unpaired) electrons. The van der Waals surface area contributed by atoms with Crippen molar-refractivity contribution < 1.29 is 4.79 Å². The van der Waals surface area contributed by atoms with E-state index in [1.54, 1.807) is 30.7 Å². The lowest BCUT2D eigenvalue weighted by Crippen LogP contribution is -2.46. The van der Waals surface area contributed by atoms with E-state index < -0.39 is 0 Å². The number of nitrogens with zero attached hydrogens (tertiary/aromatic N) is 6. The number of benzene rings is 2. The first-order valence-electron chi connectivity index (χ1n) is 13.6. The van der Waals surface area contributed by atoms with Gasteiger partial charge in [-0.05, 0) is 54.7 Å². The first-order chi connectivity index (χ1) is 20.1. The molecule has 9 nitrogen and oxygen atoms in total. The number of rotatable bonds is 12. The van der Waals surface area contributed by atoms with Crippen LogP contribution in [0.4, 0.5) is 16.3 Å². The molecular weight excluding hydrogens is 512 g/mol. The number of hydrogen-bond acceptors (Lipinski definition) is 7. The number of carbonyl (C=O) groups is 1. The zero-order valence-corrected chi connectivity index (χ0v) is 23.0. The molecule has 0 spiro atoms. The van der Waals surface area contributed by atoms with Crippen molar-refractivity contribution in [2.45, 2.75) is 45.2 Å². The first kappa shape index (κ1) is 28.7. The van der Waals surface area contributed by atoms with Gasteiger partial charge in [0.05, 0.1) is 5.56 Å². The molecule has 0 saturated heterocycles. The highest BCUT2D eigenvalue weighted by molar-refractivity contribution is 5.93. The van der Waals surface area contributed by atoms with Crippen molar-refractivity contribution >= 4 is 17.5 Å². The molecule has 9 heteroatoms. The number of hydrogen-bond donors (Lipinski definition) is 2. The second-order valence-corrected chi connectivity index (χ2v) is 9.52. The Morgan fingerprint density at radius 3 is 2.27 bits per heavy atom. The van der Waals surface area contributed by atoms with E-state index >= 15 is 0 Å². The van der Waals surface area contributed by atoms with E-state index in [4.69, 9.17) is 10.5 Å². The van der Waals surface area contributed by atoms with Gasteiger partial charge in [0.25, 0.3) is 0 Å². The molecule has 4 rings (SSSR count). The number of aromatic nitrogens is 3. The molecule has 0 aliphatic heterocycles. The van der Waals surface area contributed by atoms with Crippen LogP contribution in [0.1, 0.15) is 49.6 Å². The standard InChI is InChI=1S/C32H32N8O/c1-2-7-28(10-6-17-35-30-16-11-25(18-33)21-36-30)40(32(41)39-20-24-8-4-3-5-9-24)29-14-12-26(13-15-29)27-22-37-31(19-34)38-23-27/h3-5,8-9,11-16,21-23,28H,2,6-7,10,17,20H2,1H3,(H,35,36)(H,39,41)/t28-/m0/s1. The number of anilines is 2. The Kier molecular flexibility index (Phi) is 10.3. The Balaban J connectivity index is 1.50. The third-order valence-corrected chi connectivity index (χ3v) is 6.64. The summed E-state index contributed by atoms with van der Waals surface area (Å²) >= 11 is 0. The lowest BCUT2D eigenvalue weighted by atomic mass is 10.0. The molecular formula is C32H32N8O. The molecule has 0 bridgehead atoms. The number of pyridine rings is 1. The fraction of sp³-hybridized carbons (Fsp3) is 0.250. The van der Waals surface area contributed by atoms with Gasteiger partial charge in [0.2, 0.25) is 5.82 Å². The van der Waals surface area contributed by atoms with Crippen molar-refractivity contribution in [1.82, 2.24) is 20.3 Å². The monoisotopic (exact) mass is 544 g/mol. The Morgan fingerprint density at radius 2 is 1.63 bits per heavy atom. The van der Waals surface area contributed by atoms with Gasteiger partial charge in [-0.3, -0.25) is 4.90 Å². The highest BCUT2D eigenvalue weighted by Crippen LogP contribution is 2.27. The molecule has 1 atom stereocenters. The van der Waals surface area contributed by atoms with Crippen molar-refractivity contribution in [2.75, 3.05) is 16.8 Å². The molecule has 2 aromatic carbocycles. The van der Waals surface area contributed by atoms with Gasteiger partial charge in [-0.1, -0.05) is 55.8 Å². The van der Waals surface area contributed by atoms with Crippen LogP contribution in [0.3, 0.4) is 0 Å². The molecule has 0 fully saturated rings. The van der Waals surface area contributed by atoms with Gasteiger partial charge in [-0.2, -0.15) is 10.5 Å². The number of carbonyl (C=O) groups excluding carboxylic acids is 1. The third kappa shape index (κ3) is 8.11.